The van der Waals surface area contributed by atoms with Crippen molar-refractivity contribution in [1.82, 2.24) is 0 Å². The van der Waals surface area contributed by atoms with Gasteiger partial charge < -0.3 is 10.5 Å². The first kappa shape index (κ1) is 15.2. The Labute approximate surface area is 112 Å². The molecule has 0 heterocycles. The SMILES string of the molecule is Cc1cc(OCC(N)=O)c([N+](=O)[O-])cc1S(=O)(=O)Cl. The first-order valence-corrected chi connectivity index (χ1v) is 7.08. The second-order valence-corrected chi connectivity index (χ2v) is 6.07. The van der Waals surface area contributed by atoms with Gasteiger partial charge in [0.05, 0.1) is 9.82 Å². The number of nitrogens with two attached hydrogens (primary N) is 1. The largest absolute Gasteiger partial charge is 0.477 e. The summed E-state index contributed by atoms with van der Waals surface area (Å²) in [6.07, 6.45) is 0. The molecule has 0 unspecified atom stereocenters. The first-order chi connectivity index (χ1) is 8.62. The minimum Gasteiger partial charge on any atom is -0.477 e. The van der Waals surface area contributed by atoms with Gasteiger partial charge in [-0.2, -0.15) is 0 Å². The van der Waals surface area contributed by atoms with Crippen LogP contribution in [0.3, 0.4) is 0 Å². The smallest absolute Gasteiger partial charge is 0.312 e. The summed E-state index contributed by atoms with van der Waals surface area (Å²) >= 11 is 0. The van der Waals surface area contributed by atoms with Gasteiger partial charge in [0, 0.05) is 16.7 Å². The van der Waals surface area contributed by atoms with Gasteiger partial charge in [-0.05, 0) is 18.6 Å². The van der Waals surface area contributed by atoms with Gasteiger partial charge in [0.1, 0.15) is 0 Å². The lowest BCUT2D eigenvalue weighted by molar-refractivity contribution is -0.386. The number of nitro benzene ring substituents is 1. The number of carbonyl (C=O) groups excluding carboxylic acids is 1. The molecule has 2 N–H and O–H groups in total. The molecule has 8 nitrogen and oxygen atoms in total. The van der Waals surface area contributed by atoms with E-state index in [4.69, 9.17) is 21.2 Å². The number of rotatable bonds is 5. The van der Waals surface area contributed by atoms with E-state index in [2.05, 4.69) is 0 Å². The van der Waals surface area contributed by atoms with Crippen molar-refractivity contribution in [2.24, 2.45) is 5.73 Å². The molecule has 0 aliphatic carbocycles. The summed E-state index contributed by atoms with van der Waals surface area (Å²) in [5, 5.41) is 10.8. The number of aryl methyl sites for hydroxylation is 1. The molecule has 0 aliphatic heterocycles. The number of hydrogen-bond acceptors (Lipinski definition) is 6. The normalized spacial score (nSPS) is 11.1. The van der Waals surface area contributed by atoms with Crippen molar-refractivity contribution in [3.63, 3.8) is 0 Å². The van der Waals surface area contributed by atoms with Crippen LogP contribution in [0, 0.1) is 17.0 Å². The average Bonchev–Trinajstić information content (AvgIpc) is 2.23. The van der Waals surface area contributed by atoms with Crippen LogP contribution in [0.5, 0.6) is 5.75 Å². The topological polar surface area (TPSA) is 130 Å². The Morgan fingerprint density at radius 2 is 2.11 bits per heavy atom. The van der Waals surface area contributed by atoms with Gasteiger partial charge in [-0.3, -0.25) is 14.9 Å². The summed E-state index contributed by atoms with van der Waals surface area (Å²) in [5.41, 5.74) is 4.39. The zero-order chi connectivity index (χ0) is 14.8. The molecule has 10 heteroatoms. The van der Waals surface area contributed by atoms with E-state index in [0.717, 1.165) is 12.1 Å². The second-order valence-electron chi connectivity index (χ2n) is 3.54. The Morgan fingerprint density at radius 1 is 1.53 bits per heavy atom. The Bertz CT molecular complexity index is 642. The third kappa shape index (κ3) is 3.80. The van der Waals surface area contributed by atoms with Crippen LogP contribution in [0.15, 0.2) is 17.0 Å². The summed E-state index contributed by atoms with van der Waals surface area (Å²) in [6, 6.07) is 1.88. The molecular weight excluding hydrogens is 300 g/mol. The maximum Gasteiger partial charge on any atom is 0.312 e. The lowest BCUT2D eigenvalue weighted by Crippen LogP contribution is -2.20. The van der Waals surface area contributed by atoms with Crippen LogP contribution in [0.1, 0.15) is 5.56 Å². The predicted octanol–water partition coefficient (Wildman–Crippen LogP) is 0.695. The van der Waals surface area contributed by atoms with Crippen molar-refractivity contribution < 1.29 is 22.9 Å². The highest BCUT2D eigenvalue weighted by Crippen LogP contribution is 2.33. The van der Waals surface area contributed by atoms with Gasteiger partial charge >= 0.3 is 5.69 Å². The summed E-state index contributed by atoms with van der Waals surface area (Å²) in [7, 11) is 1.04. The quantitative estimate of drug-likeness (QED) is 0.484. The Kier molecular flexibility index (Phi) is 4.32. The summed E-state index contributed by atoms with van der Waals surface area (Å²) in [4.78, 5) is 20.2. The fourth-order valence-corrected chi connectivity index (χ4v) is 2.52. The molecule has 0 aromatic heterocycles. The lowest BCUT2D eigenvalue weighted by Gasteiger charge is -2.08. The number of benzene rings is 1. The molecular formula is C9H9ClN2O6S. The molecule has 1 aromatic rings. The van der Waals surface area contributed by atoms with Crippen LogP contribution in [0.4, 0.5) is 5.69 Å². The number of carbonyl (C=O) groups is 1. The fraction of sp³-hybridized carbons (Fsp3) is 0.222. The highest BCUT2D eigenvalue weighted by atomic mass is 35.7. The number of halogens is 1. The molecule has 0 fully saturated rings. The van der Waals surface area contributed by atoms with Gasteiger partial charge in [0.15, 0.2) is 12.4 Å². The van der Waals surface area contributed by atoms with E-state index in [1.54, 1.807) is 0 Å². The molecule has 0 saturated carbocycles. The molecule has 0 radical (unpaired) electrons. The van der Waals surface area contributed by atoms with Crippen LogP contribution in [0.2, 0.25) is 0 Å². The minimum atomic E-state index is -4.12. The standard InChI is InChI=1S/C9H9ClN2O6S/c1-5-2-7(18-4-9(11)13)6(12(14)15)3-8(5)19(10,16)17/h2-3H,4H2,1H3,(H2,11,13). The van der Waals surface area contributed by atoms with Crippen LogP contribution < -0.4 is 10.5 Å². The zero-order valence-corrected chi connectivity index (χ0v) is 11.2. The van der Waals surface area contributed by atoms with Gasteiger partial charge in [-0.15, -0.1) is 0 Å². The maximum atomic E-state index is 11.2. The van der Waals surface area contributed by atoms with Crippen molar-refractivity contribution in [2.75, 3.05) is 6.61 Å². The van der Waals surface area contributed by atoms with Gasteiger partial charge in [0.2, 0.25) is 0 Å². The van der Waals surface area contributed by atoms with Crippen molar-refractivity contribution in [1.29, 1.82) is 0 Å². The van der Waals surface area contributed by atoms with Crippen molar-refractivity contribution in [3.8, 4) is 5.75 Å². The second kappa shape index (κ2) is 5.41. The number of ether oxygens (including phenoxy) is 1. The van der Waals surface area contributed by atoms with Gasteiger partial charge in [-0.25, -0.2) is 8.42 Å². The van der Waals surface area contributed by atoms with Crippen molar-refractivity contribution in [3.05, 3.63) is 27.8 Å². The molecule has 104 valence electrons. The first-order valence-electron chi connectivity index (χ1n) is 4.77. The average molecular weight is 309 g/mol. The van der Waals surface area contributed by atoms with Crippen LogP contribution in [-0.2, 0) is 13.8 Å². The highest BCUT2D eigenvalue weighted by Gasteiger charge is 2.24. The van der Waals surface area contributed by atoms with E-state index in [1.807, 2.05) is 0 Å². The number of primary amides is 1. The molecule has 0 spiro atoms. The Balaban J connectivity index is 3.38. The van der Waals surface area contributed by atoms with E-state index >= 15 is 0 Å². The zero-order valence-electron chi connectivity index (χ0n) is 9.62. The molecule has 1 rings (SSSR count). The minimum absolute atomic E-state index is 0.153. The molecule has 19 heavy (non-hydrogen) atoms. The number of amides is 1. The molecule has 0 atom stereocenters. The van der Waals surface area contributed by atoms with E-state index < -0.39 is 37.1 Å². The summed E-state index contributed by atoms with van der Waals surface area (Å²) in [6.45, 7) is 0.823. The Hall–Kier alpha value is -1.87. The molecule has 0 bridgehead atoms. The maximum absolute atomic E-state index is 11.2. The number of nitrogens with zero attached hydrogens (tertiary/aromatic N) is 1. The Morgan fingerprint density at radius 3 is 2.53 bits per heavy atom. The van der Waals surface area contributed by atoms with E-state index in [-0.39, 0.29) is 11.3 Å². The monoisotopic (exact) mass is 308 g/mol. The van der Waals surface area contributed by atoms with Crippen LogP contribution in [-0.4, -0.2) is 25.9 Å². The predicted molar refractivity (Wildman–Crippen MR) is 65.6 cm³/mol. The van der Waals surface area contributed by atoms with Gasteiger partial charge in [0.25, 0.3) is 15.0 Å². The third-order valence-electron chi connectivity index (χ3n) is 2.09. The van der Waals surface area contributed by atoms with Gasteiger partial charge in [-0.1, -0.05) is 0 Å². The van der Waals surface area contributed by atoms with Crippen molar-refractivity contribution in [2.45, 2.75) is 11.8 Å². The molecule has 0 aliphatic rings. The summed E-state index contributed by atoms with van der Waals surface area (Å²) < 4.78 is 27.3. The fourth-order valence-electron chi connectivity index (χ4n) is 1.32. The van der Waals surface area contributed by atoms with Crippen LogP contribution >= 0.6 is 10.7 Å². The van der Waals surface area contributed by atoms with Crippen molar-refractivity contribution >= 4 is 31.3 Å². The third-order valence-corrected chi connectivity index (χ3v) is 3.55. The molecule has 1 amide bonds. The van der Waals surface area contributed by atoms with Crippen LogP contribution in [0.25, 0.3) is 0 Å². The number of hydrogen-bond donors (Lipinski definition) is 1. The van der Waals surface area contributed by atoms with E-state index in [0.29, 0.717) is 0 Å². The van der Waals surface area contributed by atoms with E-state index in [9.17, 15) is 23.3 Å². The molecule has 0 saturated heterocycles. The summed E-state index contributed by atoms with van der Waals surface area (Å²) in [5.74, 6) is -1.08. The highest BCUT2D eigenvalue weighted by molar-refractivity contribution is 8.13. The van der Waals surface area contributed by atoms with E-state index in [1.165, 1.54) is 6.92 Å². The lowest BCUT2D eigenvalue weighted by atomic mass is 10.2. The number of nitro groups is 1. The molecule has 1 aromatic carbocycles.